The molecule has 1 aliphatic carbocycles. The van der Waals surface area contributed by atoms with Crippen LogP contribution in [0.4, 0.5) is 25.1 Å². The van der Waals surface area contributed by atoms with Crippen LogP contribution in [0.5, 0.6) is 0 Å². The summed E-state index contributed by atoms with van der Waals surface area (Å²) in [5, 5.41) is 21.0. The molecule has 0 radical (unpaired) electrons. The van der Waals surface area contributed by atoms with Gasteiger partial charge in [-0.1, -0.05) is 5.21 Å². The highest BCUT2D eigenvalue weighted by Gasteiger charge is 2.57. The number of hydrogen-bond acceptors (Lipinski definition) is 5. The van der Waals surface area contributed by atoms with Crippen LogP contribution in [-0.2, 0) is 11.8 Å². The highest BCUT2D eigenvalue weighted by Crippen LogP contribution is 2.51. The van der Waals surface area contributed by atoms with E-state index in [-0.39, 0.29) is 30.0 Å². The van der Waals surface area contributed by atoms with E-state index in [4.69, 9.17) is 5.11 Å². The van der Waals surface area contributed by atoms with Gasteiger partial charge in [0.1, 0.15) is 5.41 Å². The number of nitrogens with zero attached hydrogens (tertiary/aromatic N) is 4. The van der Waals surface area contributed by atoms with Crippen LogP contribution in [-0.4, -0.2) is 43.5 Å². The number of amides is 2. The van der Waals surface area contributed by atoms with Crippen LogP contribution in [0.15, 0.2) is 18.3 Å². The van der Waals surface area contributed by atoms with Gasteiger partial charge >= 0.3 is 6.09 Å². The summed E-state index contributed by atoms with van der Waals surface area (Å²) in [4.78, 5) is 26.9. The number of hydrogen-bond donors (Lipinski definition) is 3. The molecule has 0 bridgehead atoms. The Balaban J connectivity index is 1.77. The lowest BCUT2D eigenvalue weighted by Gasteiger charge is -2.14. The highest BCUT2D eigenvalue weighted by molar-refractivity contribution is 5.97. The van der Waals surface area contributed by atoms with Crippen molar-refractivity contribution in [3.8, 4) is 11.4 Å². The molecule has 3 rings (SSSR count). The predicted octanol–water partition coefficient (Wildman–Crippen LogP) is 1.95. The number of rotatable bonds is 5. The van der Waals surface area contributed by atoms with Gasteiger partial charge in [-0.25, -0.2) is 18.3 Å². The SMILES string of the molecule is Cn1nnc(-c2ccc(NC(=O)C3(C(F)F)CC3)cn2)c1NC(=O)O. The minimum absolute atomic E-state index is 0.131. The monoisotopic (exact) mass is 352 g/mol. The standard InChI is InChI=1S/C14H14F2N6O3/c1-22-10(19-13(24)25)9(20-21-22)8-3-2-7(6-17-8)18-12(23)14(4-5-14)11(15)16/h2-3,6,11,19H,4-5H2,1H3,(H,18,23)(H,24,25). The normalized spacial score (nSPS) is 15.0. The van der Waals surface area contributed by atoms with Gasteiger partial charge in [-0.15, -0.1) is 5.10 Å². The van der Waals surface area contributed by atoms with Gasteiger partial charge < -0.3 is 10.4 Å². The maximum absolute atomic E-state index is 12.9. The number of aryl methyl sites for hydroxylation is 1. The van der Waals surface area contributed by atoms with Gasteiger partial charge in [-0.3, -0.25) is 15.1 Å². The molecule has 0 saturated heterocycles. The second-order valence-electron chi connectivity index (χ2n) is 5.68. The second kappa shape index (κ2) is 6.07. The first kappa shape index (κ1) is 16.7. The lowest BCUT2D eigenvalue weighted by Crippen LogP contribution is -2.30. The third-order valence-corrected chi connectivity index (χ3v) is 3.97. The van der Waals surface area contributed by atoms with E-state index >= 15 is 0 Å². The molecule has 1 aliphatic rings. The summed E-state index contributed by atoms with van der Waals surface area (Å²) in [5.41, 5.74) is -0.821. The number of pyridine rings is 1. The Morgan fingerprint density at radius 1 is 1.32 bits per heavy atom. The number of halogens is 2. The van der Waals surface area contributed by atoms with Crippen LogP contribution >= 0.6 is 0 Å². The maximum Gasteiger partial charge on any atom is 0.410 e. The van der Waals surface area contributed by atoms with Crippen molar-refractivity contribution in [1.29, 1.82) is 0 Å². The van der Waals surface area contributed by atoms with Crippen LogP contribution < -0.4 is 10.6 Å². The van der Waals surface area contributed by atoms with Crippen molar-refractivity contribution in [2.45, 2.75) is 19.3 Å². The zero-order valence-corrected chi connectivity index (χ0v) is 13.0. The van der Waals surface area contributed by atoms with Gasteiger partial charge in [-0.2, -0.15) is 0 Å². The Bertz CT molecular complexity index is 816. The Labute approximate surface area is 140 Å². The second-order valence-corrected chi connectivity index (χ2v) is 5.68. The minimum Gasteiger partial charge on any atom is -0.465 e. The number of alkyl halides is 2. The van der Waals surface area contributed by atoms with Crippen LogP contribution in [0.25, 0.3) is 11.4 Å². The van der Waals surface area contributed by atoms with Gasteiger partial charge in [0.05, 0.1) is 17.6 Å². The van der Waals surface area contributed by atoms with Gasteiger partial charge in [0.25, 0.3) is 6.43 Å². The zero-order valence-electron chi connectivity index (χ0n) is 13.0. The molecule has 132 valence electrons. The van der Waals surface area contributed by atoms with Crippen molar-refractivity contribution in [3.63, 3.8) is 0 Å². The molecule has 1 saturated carbocycles. The van der Waals surface area contributed by atoms with Crippen LogP contribution in [0, 0.1) is 5.41 Å². The molecule has 0 aromatic carbocycles. The van der Waals surface area contributed by atoms with Crippen molar-refractivity contribution in [1.82, 2.24) is 20.0 Å². The fourth-order valence-electron chi connectivity index (χ4n) is 2.31. The summed E-state index contributed by atoms with van der Waals surface area (Å²) in [7, 11) is 1.51. The molecule has 2 amide bonds. The van der Waals surface area contributed by atoms with Crippen molar-refractivity contribution in [2.24, 2.45) is 12.5 Å². The van der Waals surface area contributed by atoms with E-state index in [0.717, 1.165) is 0 Å². The molecule has 0 unspecified atom stereocenters. The third-order valence-electron chi connectivity index (χ3n) is 3.97. The van der Waals surface area contributed by atoms with E-state index in [2.05, 4.69) is 25.9 Å². The molecule has 25 heavy (non-hydrogen) atoms. The Kier molecular flexibility index (Phi) is 4.07. The molecule has 11 heteroatoms. The largest absolute Gasteiger partial charge is 0.465 e. The van der Waals surface area contributed by atoms with E-state index in [9.17, 15) is 18.4 Å². The lowest BCUT2D eigenvalue weighted by molar-refractivity contribution is -0.126. The molecule has 2 heterocycles. The van der Waals surface area contributed by atoms with Gasteiger partial charge in [0, 0.05) is 7.05 Å². The highest BCUT2D eigenvalue weighted by atomic mass is 19.3. The number of carbonyl (C=O) groups excluding carboxylic acids is 1. The summed E-state index contributed by atoms with van der Waals surface area (Å²) in [6.45, 7) is 0. The van der Waals surface area contributed by atoms with Crippen LogP contribution in [0.3, 0.4) is 0 Å². The average molecular weight is 352 g/mol. The zero-order chi connectivity index (χ0) is 18.2. The first-order valence-corrected chi connectivity index (χ1v) is 7.29. The molecule has 9 nitrogen and oxygen atoms in total. The fraction of sp³-hybridized carbons (Fsp3) is 0.357. The van der Waals surface area contributed by atoms with Crippen molar-refractivity contribution in [3.05, 3.63) is 18.3 Å². The summed E-state index contributed by atoms with van der Waals surface area (Å²) >= 11 is 0. The third kappa shape index (κ3) is 3.12. The molecule has 2 aromatic heterocycles. The van der Waals surface area contributed by atoms with Crippen molar-refractivity contribution in [2.75, 3.05) is 10.6 Å². The first-order chi connectivity index (χ1) is 11.8. The Morgan fingerprint density at radius 2 is 2.04 bits per heavy atom. The number of anilines is 2. The lowest BCUT2D eigenvalue weighted by atomic mass is 10.1. The smallest absolute Gasteiger partial charge is 0.410 e. The van der Waals surface area contributed by atoms with Crippen molar-refractivity contribution < 1.29 is 23.5 Å². The number of carbonyl (C=O) groups is 2. The van der Waals surface area contributed by atoms with Crippen molar-refractivity contribution >= 4 is 23.5 Å². The van der Waals surface area contributed by atoms with E-state index in [1.54, 1.807) is 0 Å². The molecule has 2 aromatic rings. The summed E-state index contributed by atoms with van der Waals surface area (Å²) in [6.07, 6.45) is -2.38. The molecule has 0 spiro atoms. The van der Waals surface area contributed by atoms with Gasteiger partial charge in [-0.05, 0) is 25.0 Å². The summed E-state index contributed by atoms with van der Waals surface area (Å²) < 4.78 is 27.1. The molecular formula is C14H14F2N6O3. The topological polar surface area (TPSA) is 122 Å². The van der Waals surface area contributed by atoms with E-state index in [1.165, 1.54) is 30.1 Å². The van der Waals surface area contributed by atoms with Gasteiger partial charge in [0.15, 0.2) is 11.5 Å². The van der Waals surface area contributed by atoms with E-state index in [0.29, 0.717) is 5.69 Å². The average Bonchev–Trinajstić information content (AvgIpc) is 3.30. The maximum atomic E-state index is 12.9. The van der Waals surface area contributed by atoms with Crippen LogP contribution in [0.2, 0.25) is 0 Å². The Morgan fingerprint density at radius 3 is 2.56 bits per heavy atom. The molecule has 1 fully saturated rings. The summed E-state index contributed by atoms with van der Waals surface area (Å²) in [6, 6.07) is 2.95. The molecule has 0 aliphatic heterocycles. The molecular weight excluding hydrogens is 338 g/mol. The summed E-state index contributed by atoms with van der Waals surface area (Å²) in [5.74, 6) is -0.601. The van der Waals surface area contributed by atoms with E-state index in [1.807, 2.05) is 0 Å². The van der Waals surface area contributed by atoms with Crippen LogP contribution in [0.1, 0.15) is 12.8 Å². The number of carboxylic acid groups (broad SMARTS) is 1. The predicted molar refractivity (Wildman–Crippen MR) is 82.2 cm³/mol. The Hall–Kier alpha value is -3.11. The number of aromatic nitrogens is 4. The fourth-order valence-corrected chi connectivity index (χ4v) is 2.31. The minimum atomic E-state index is -2.70. The molecule has 0 atom stereocenters. The first-order valence-electron chi connectivity index (χ1n) is 7.29. The van der Waals surface area contributed by atoms with E-state index < -0.39 is 23.8 Å². The molecule has 3 N–H and O–H groups in total. The van der Waals surface area contributed by atoms with Gasteiger partial charge in [0.2, 0.25) is 5.91 Å². The number of nitrogens with one attached hydrogen (secondary N) is 2. The quantitative estimate of drug-likeness (QED) is 0.756.